The number of rotatable bonds is 8. The van der Waals surface area contributed by atoms with Crippen molar-refractivity contribution in [3.63, 3.8) is 0 Å². The van der Waals surface area contributed by atoms with Crippen LogP contribution in [-0.2, 0) is 20.1 Å². The van der Waals surface area contributed by atoms with Gasteiger partial charge in [0.25, 0.3) is 0 Å². The van der Waals surface area contributed by atoms with Gasteiger partial charge in [-0.15, -0.1) is 53.6 Å². The van der Waals surface area contributed by atoms with Gasteiger partial charge >= 0.3 is 0 Å². The van der Waals surface area contributed by atoms with Crippen LogP contribution >= 0.6 is 0 Å². The van der Waals surface area contributed by atoms with Crippen LogP contribution in [0.2, 0.25) is 19.6 Å². The number of benzene rings is 5. The summed E-state index contributed by atoms with van der Waals surface area (Å²) in [6.07, 6.45) is 3.89. The van der Waals surface area contributed by atoms with Crippen molar-refractivity contribution in [2.24, 2.45) is 0 Å². The van der Waals surface area contributed by atoms with Gasteiger partial charge in [-0.05, 0) is 87.6 Å². The molecule has 0 N–H and O–H groups in total. The number of fused-ring (bicyclic) bond motifs is 4. The fourth-order valence-electron chi connectivity index (χ4n) is 8.23. The number of imidazole rings is 1. The Hall–Kier alpha value is -5.46. The standard InChI is InChI=1S/C37H32N3O.C18H24NSi.Ir/c1-22(2)30-19-26(25-12-7-6-8-13-25)20-31(23(3)4)34(30)40-32-18-24(5)21-38-36(32)39-37(40)29-16-11-15-28-27-14-9-10-17-33(27)41-35(28)29;1-13(2)16-11-17(15-9-7-14(3)8-10-15)19-12-18(16)20(4,5)6;/h6-15,17-23H,1-5H3;7-9,11-13H,1-6H3;/q2*-1;/i;3D3;. The van der Waals surface area contributed by atoms with Crippen molar-refractivity contribution in [3.8, 4) is 39.5 Å². The summed E-state index contributed by atoms with van der Waals surface area (Å²) < 4.78 is 31.1. The molecule has 9 aromatic rings. The first-order valence-corrected chi connectivity index (χ1v) is 24.8. The third-order valence-corrected chi connectivity index (χ3v) is 13.4. The minimum Gasteiger partial charge on any atom is -0.501 e. The summed E-state index contributed by atoms with van der Waals surface area (Å²) in [4.78, 5) is 14.5. The van der Waals surface area contributed by atoms with Gasteiger partial charge in [0.15, 0.2) is 5.65 Å². The van der Waals surface area contributed by atoms with Crippen LogP contribution in [0.5, 0.6) is 0 Å². The molecule has 0 unspecified atom stereocenters. The minimum absolute atomic E-state index is 0. The van der Waals surface area contributed by atoms with Crippen LogP contribution in [0.25, 0.3) is 72.6 Å². The van der Waals surface area contributed by atoms with E-state index in [-0.39, 0.29) is 31.9 Å². The normalized spacial score (nSPS) is 12.7. The van der Waals surface area contributed by atoms with Gasteiger partial charge in [0.05, 0.1) is 25.0 Å². The van der Waals surface area contributed by atoms with Crippen molar-refractivity contribution >= 4 is 46.4 Å². The molecule has 0 aliphatic heterocycles. The average Bonchev–Trinajstić information content (AvgIpc) is 3.84. The summed E-state index contributed by atoms with van der Waals surface area (Å²) >= 11 is 0. The van der Waals surface area contributed by atoms with Crippen LogP contribution in [0.15, 0.2) is 126 Å². The van der Waals surface area contributed by atoms with Crippen molar-refractivity contribution in [2.75, 3.05) is 0 Å². The zero-order chi connectivity index (χ0) is 45.7. The van der Waals surface area contributed by atoms with E-state index in [1.54, 1.807) is 18.2 Å². The first-order chi connectivity index (χ1) is 30.4. The molecule has 0 spiro atoms. The molecule has 0 aliphatic rings. The molecule has 317 valence electrons. The molecular formula is C55H56IrN4OSi-2. The van der Waals surface area contributed by atoms with E-state index in [2.05, 4.69) is 157 Å². The second kappa shape index (κ2) is 18.1. The largest absolute Gasteiger partial charge is 0.501 e. The molecule has 0 saturated carbocycles. The van der Waals surface area contributed by atoms with Crippen LogP contribution in [0.1, 0.15) is 91.2 Å². The van der Waals surface area contributed by atoms with Crippen molar-refractivity contribution in [1.29, 1.82) is 0 Å². The Kier molecular flexibility index (Phi) is 11.9. The molecule has 0 aliphatic carbocycles. The summed E-state index contributed by atoms with van der Waals surface area (Å²) in [5, 5.41) is 3.53. The molecule has 62 heavy (non-hydrogen) atoms. The summed E-state index contributed by atoms with van der Waals surface area (Å²) in [7, 11) is -1.45. The average molecular weight is 1010 g/mol. The maximum Gasteiger partial charge on any atom is 0.168 e. The predicted octanol–water partition coefficient (Wildman–Crippen LogP) is 14.5. The summed E-state index contributed by atoms with van der Waals surface area (Å²) in [6.45, 7) is 20.4. The van der Waals surface area contributed by atoms with Gasteiger partial charge < -0.3 is 14.0 Å². The quantitative estimate of drug-likeness (QED) is 0.112. The van der Waals surface area contributed by atoms with Crippen LogP contribution in [0.4, 0.5) is 0 Å². The van der Waals surface area contributed by atoms with Gasteiger partial charge in [-0.1, -0.05) is 139 Å². The number of nitrogens with zero attached hydrogens (tertiary/aromatic N) is 4. The van der Waals surface area contributed by atoms with E-state index in [9.17, 15) is 0 Å². The molecule has 4 heterocycles. The SMILES string of the molecule is Cc1cnc2nc(-c3[c-]ccc4c3oc3ccccc34)n(-c3c(C(C)C)cc(-c4ccccc4)cc3C(C)C)c2c1.[2H]C([2H])([2H])c1c[c-]c(-c2cc(C(C)C)c([Si](C)(C)C)cn2)cc1.[Ir]. The van der Waals surface area contributed by atoms with Crippen LogP contribution in [0.3, 0.4) is 0 Å². The van der Waals surface area contributed by atoms with Crippen molar-refractivity contribution in [3.05, 3.63) is 162 Å². The number of aromatic nitrogens is 4. The molecule has 4 aromatic heterocycles. The smallest absolute Gasteiger partial charge is 0.168 e. The van der Waals surface area contributed by atoms with Crippen LogP contribution in [0, 0.1) is 25.9 Å². The third kappa shape index (κ3) is 8.77. The first-order valence-electron chi connectivity index (χ1n) is 22.8. The number of aryl methyl sites for hydroxylation is 2. The fraction of sp³-hybridized carbons (Fsp3) is 0.255. The number of pyridine rings is 2. The number of para-hydroxylation sites is 1. The van der Waals surface area contributed by atoms with Crippen LogP contribution < -0.4 is 5.19 Å². The van der Waals surface area contributed by atoms with E-state index in [4.69, 9.17) is 18.5 Å². The van der Waals surface area contributed by atoms with Crippen molar-refractivity contribution in [1.82, 2.24) is 19.5 Å². The molecule has 0 saturated heterocycles. The molecule has 5 nitrogen and oxygen atoms in total. The van der Waals surface area contributed by atoms with Crippen LogP contribution in [-0.4, -0.2) is 27.6 Å². The van der Waals surface area contributed by atoms with Gasteiger partial charge in [-0.2, -0.15) is 0 Å². The van der Waals surface area contributed by atoms with E-state index in [0.29, 0.717) is 17.1 Å². The number of hydrogen-bond donors (Lipinski definition) is 0. The van der Waals surface area contributed by atoms with E-state index < -0.39 is 14.9 Å². The first kappa shape index (κ1) is 40.6. The van der Waals surface area contributed by atoms with E-state index in [1.165, 1.54) is 38.7 Å². The zero-order valence-electron chi connectivity index (χ0n) is 40.3. The summed E-state index contributed by atoms with van der Waals surface area (Å²) in [5.74, 6) is 1.78. The molecule has 0 fully saturated rings. The fourth-order valence-corrected chi connectivity index (χ4v) is 9.91. The Morgan fingerprint density at radius 2 is 1.39 bits per heavy atom. The summed E-state index contributed by atoms with van der Waals surface area (Å²) in [5.41, 5.74) is 14.8. The topological polar surface area (TPSA) is 56.7 Å². The van der Waals surface area contributed by atoms with Gasteiger partial charge in [0.2, 0.25) is 0 Å². The van der Waals surface area contributed by atoms with Gasteiger partial charge in [-0.25, -0.2) is 4.98 Å². The Labute approximate surface area is 386 Å². The predicted molar refractivity (Wildman–Crippen MR) is 259 cm³/mol. The molecule has 0 amide bonds. The number of hydrogen-bond acceptors (Lipinski definition) is 4. The van der Waals surface area contributed by atoms with Crippen molar-refractivity contribution in [2.45, 2.75) is 92.7 Å². The Morgan fingerprint density at radius 1 is 0.694 bits per heavy atom. The summed E-state index contributed by atoms with van der Waals surface area (Å²) in [6, 6.07) is 43.5. The zero-order valence-corrected chi connectivity index (χ0v) is 40.7. The molecule has 0 bridgehead atoms. The Balaban J connectivity index is 0.000000225. The maximum absolute atomic E-state index is 7.44. The second-order valence-corrected chi connectivity index (χ2v) is 23.1. The molecule has 1 radical (unpaired) electrons. The van der Waals surface area contributed by atoms with E-state index in [1.807, 2.05) is 36.7 Å². The second-order valence-electron chi connectivity index (χ2n) is 18.1. The van der Waals surface area contributed by atoms with E-state index >= 15 is 0 Å². The van der Waals surface area contributed by atoms with Gasteiger partial charge in [0, 0.05) is 47.7 Å². The Morgan fingerprint density at radius 3 is 2.03 bits per heavy atom. The monoisotopic (exact) mass is 1010 g/mol. The van der Waals surface area contributed by atoms with Gasteiger partial charge in [0.1, 0.15) is 5.58 Å². The Bertz CT molecular complexity index is 3100. The molecule has 9 rings (SSSR count). The molecule has 0 atom stereocenters. The minimum atomic E-state index is -2.09. The van der Waals surface area contributed by atoms with E-state index in [0.717, 1.165) is 55.7 Å². The molecule has 7 heteroatoms. The maximum atomic E-state index is 7.44. The van der Waals surface area contributed by atoms with Gasteiger partial charge in [-0.3, -0.25) is 4.98 Å². The number of furan rings is 1. The molecular weight excluding hydrogens is 953 g/mol. The van der Waals surface area contributed by atoms with Crippen molar-refractivity contribution < 1.29 is 28.6 Å². The third-order valence-electron chi connectivity index (χ3n) is 11.4. The molecule has 5 aromatic carbocycles.